The first-order valence-corrected chi connectivity index (χ1v) is 11.7. The van der Waals surface area contributed by atoms with Crippen molar-refractivity contribution < 1.29 is 23.5 Å². The number of aromatic nitrogens is 1. The van der Waals surface area contributed by atoms with Crippen molar-refractivity contribution in [3.05, 3.63) is 83.4 Å². The molecule has 2 amide bonds. The Kier molecular flexibility index (Phi) is 7.39. The maximum atomic E-state index is 14.1. The lowest BCUT2D eigenvalue weighted by atomic mass is 9.99. The maximum absolute atomic E-state index is 14.1. The number of hydrogen-bond donors (Lipinski definition) is 0. The van der Waals surface area contributed by atoms with Crippen LogP contribution in [0, 0.1) is 5.82 Å². The summed E-state index contributed by atoms with van der Waals surface area (Å²) < 4.78 is 26.8. The van der Waals surface area contributed by atoms with Crippen molar-refractivity contribution in [3.63, 3.8) is 0 Å². The number of nitrogens with zero attached hydrogens (tertiary/aromatic N) is 3. The number of hydrogen-bond acceptors (Lipinski definition) is 4. The van der Waals surface area contributed by atoms with Crippen molar-refractivity contribution in [2.75, 3.05) is 33.9 Å². The van der Waals surface area contributed by atoms with Gasteiger partial charge in [-0.05, 0) is 48.4 Å². The molecule has 8 heteroatoms. The van der Waals surface area contributed by atoms with Gasteiger partial charge in [0, 0.05) is 37.6 Å². The first kappa shape index (κ1) is 24.3. The average molecular weight is 480 g/mol. The second-order valence-electron chi connectivity index (χ2n) is 8.46. The molecular weight excluding hydrogens is 449 g/mol. The summed E-state index contributed by atoms with van der Waals surface area (Å²) in [7, 11) is 3.04. The molecule has 0 N–H and O–H groups in total. The van der Waals surface area contributed by atoms with E-state index in [-0.39, 0.29) is 24.2 Å². The van der Waals surface area contributed by atoms with Gasteiger partial charge in [-0.3, -0.25) is 9.59 Å². The van der Waals surface area contributed by atoms with Crippen LogP contribution in [0.4, 0.5) is 4.39 Å². The zero-order valence-corrected chi connectivity index (χ0v) is 20.2. The molecule has 1 aliphatic heterocycles. The lowest BCUT2D eigenvalue weighted by Crippen LogP contribution is -2.48. The van der Waals surface area contributed by atoms with Crippen LogP contribution in [0.2, 0.25) is 0 Å². The molecule has 7 nitrogen and oxygen atoms in total. The smallest absolute Gasteiger partial charge is 0.258 e. The summed E-state index contributed by atoms with van der Waals surface area (Å²) in [5.74, 6) is 0.124. The molecule has 2 aromatic carbocycles. The Hall–Kier alpha value is -3.81. The Morgan fingerprint density at radius 3 is 2.60 bits per heavy atom. The van der Waals surface area contributed by atoms with Crippen LogP contribution in [0.25, 0.3) is 0 Å². The van der Waals surface area contributed by atoms with Gasteiger partial charge in [0.05, 0.1) is 25.8 Å². The molecule has 0 saturated carbocycles. The van der Waals surface area contributed by atoms with Gasteiger partial charge in [-0.25, -0.2) is 4.39 Å². The van der Waals surface area contributed by atoms with E-state index in [2.05, 4.69) is 4.57 Å². The summed E-state index contributed by atoms with van der Waals surface area (Å²) in [6.45, 7) is 3.37. The summed E-state index contributed by atoms with van der Waals surface area (Å²) in [5.41, 5.74) is 1.98. The highest BCUT2D eigenvalue weighted by Crippen LogP contribution is 2.33. The third-order valence-corrected chi connectivity index (χ3v) is 6.27. The lowest BCUT2D eigenvalue weighted by molar-refractivity contribution is -0.134. The topological polar surface area (TPSA) is 64.0 Å². The Bertz CT molecular complexity index is 1210. The molecule has 0 saturated heterocycles. The van der Waals surface area contributed by atoms with Gasteiger partial charge < -0.3 is 23.8 Å². The highest BCUT2D eigenvalue weighted by atomic mass is 19.1. The van der Waals surface area contributed by atoms with E-state index in [1.54, 1.807) is 41.2 Å². The second kappa shape index (κ2) is 10.6. The fraction of sp³-hybridized carbons (Fsp3) is 0.333. The summed E-state index contributed by atoms with van der Waals surface area (Å²) in [6, 6.07) is 14.8. The molecule has 2 heterocycles. The Labute approximate surface area is 204 Å². The first-order valence-electron chi connectivity index (χ1n) is 11.7. The Balaban J connectivity index is 1.62. The van der Waals surface area contributed by atoms with Gasteiger partial charge in [0.15, 0.2) is 0 Å². The van der Waals surface area contributed by atoms with Crippen molar-refractivity contribution in [2.24, 2.45) is 0 Å². The maximum Gasteiger partial charge on any atom is 0.258 e. The molecule has 0 aliphatic carbocycles. The number of carbonyl (C=O) groups excluding carboxylic acids is 2. The Morgan fingerprint density at radius 1 is 1.06 bits per heavy atom. The highest BCUT2D eigenvalue weighted by Gasteiger charge is 2.34. The number of ether oxygens (including phenoxy) is 2. The van der Waals surface area contributed by atoms with E-state index in [9.17, 15) is 14.0 Å². The molecule has 0 fully saturated rings. The van der Waals surface area contributed by atoms with E-state index in [0.717, 1.165) is 5.69 Å². The average Bonchev–Trinajstić information content (AvgIpc) is 3.36. The first-order chi connectivity index (χ1) is 17.0. The Morgan fingerprint density at radius 2 is 1.89 bits per heavy atom. The van der Waals surface area contributed by atoms with Crippen LogP contribution in [-0.4, -0.2) is 60.0 Å². The summed E-state index contributed by atoms with van der Waals surface area (Å²) in [4.78, 5) is 30.4. The van der Waals surface area contributed by atoms with E-state index in [4.69, 9.17) is 9.47 Å². The number of carbonyl (C=O) groups is 2. The number of fused-ring (bicyclic) bond motifs is 1. The molecule has 1 unspecified atom stereocenters. The minimum atomic E-state index is -0.434. The van der Waals surface area contributed by atoms with Gasteiger partial charge in [-0.1, -0.05) is 19.1 Å². The molecule has 35 heavy (non-hydrogen) atoms. The molecule has 0 spiro atoms. The predicted octanol–water partition coefficient (Wildman–Crippen LogP) is 4.13. The molecule has 4 rings (SSSR count). The fourth-order valence-electron chi connectivity index (χ4n) is 4.60. The molecule has 0 radical (unpaired) electrons. The quantitative estimate of drug-likeness (QED) is 0.488. The van der Waals surface area contributed by atoms with E-state index in [0.29, 0.717) is 48.7 Å². The van der Waals surface area contributed by atoms with Gasteiger partial charge in [-0.15, -0.1) is 0 Å². The molecule has 1 aromatic heterocycles. The fourth-order valence-corrected chi connectivity index (χ4v) is 4.60. The van der Waals surface area contributed by atoms with Crippen LogP contribution in [0.1, 0.15) is 41.0 Å². The SMILES string of the molecule is CCCN(CC(=O)N1CCn2cccc2C1c1cccc(F)c1)C(=O)c1ccc(OC)cc1OC. The van der Waals surface area contributed by atoms with Crippen LogP contribution < -0.4 is 9.47 Å². The molecular formula is C27H30FN3O4. The molecule has 1 aliphatic rings. The highest BCUT2D eigenvalue weighted by molar-refractivity contribution is 5.99. The predicted molar refractivity (Wildman–Crippen MR) is 130 cm³/mol. The zero-order chi connectivity index (χ0) is 24.9. The third kappa shape index (κ3) is 5.01. The van der Waals surface area contributed by atoms with Crippen LogP contribution in [0.3, 0.4) is 0 Å². The standard InChI is InChI=1S/C27H30FN3O4/c1-4-12-30(27(33)22-11-10-21(34-2)17-24(22)35-3)18-25(32)31-15-14-29-13-6-9-23(29)26(31)19-7-5-8-20(28)16-19/h5-11,13,16-17,26H,4,12,14-15,18H2,1-3H3. The van der Waals surface area contributed by atoms with Crippen LogP contribution >= 0.6 is 0 Å². The largest absolute Gasteiger partial charge is 0.497 e. The summed E-state index contributed by atoms with van der Waals surface area (Å²) >= 11 is 0. The van der Waals surface area contributed by atoms with Crippen LogP contribution in [-0.2, 0) is 11.3 Å². The minimum absolute atomic E-state index is 0.0889. The summed E-state index contributed by atoms with van der Waals surface area (Å²) in [5, 5.41) is 0. The molecule has 0 bridgehead atoms. The van der Waals surface area contributed by atoms with Crippen molar-refractivity contribution in [2.45, 2.75) is 25.9 Å². The normalized spacial score (nSPS) is 14.9. The van der Waals surface area contributed by atoms with Gasteiger partial charge in [0.25, 0.3) is 5.91 Å². The number of rotatable bonds is 8. The van der Waals surface area contributed by atoms with Crippen LogP contribution in [0.5, 0.6) is 11.5 Å². The van der Waals surface area contributed by atoms with E-state index >= 15 is 0 Å². The van der Waals surface area contributed by atoms with E-state index in [1.807, 2.05) is 31.3 Å². The van der Waals surface area contributed by atoms with Crippen molar-refractivity contribution in [3.8, 4) is 11.5 Å². The van der Waals surface area contributed by atoms with Crippen molar-refractivity contribution in [1.29, 1.82) is 0 Å². The van der Waals surface area contributed by atoms with Gasteiger partial charge >= 0.3 is 0 Å². The van der Waals surface area contributed by atoms with E-state index < -0.39 is 6.04 Å². The second-order valence-corrected chi connectivity index (χ2v) is 8.46. The number of halogens is 1. The van der Waals surface area contributed by atoms with Gasteiger partial charge in [0.1, 0.15) is 23.9 Å². The number of amides is 2. The van der Waals surface area contributed by atoms with Crippen LogP contribution in [0.15, 0.2) is 60.8 Å². The molecule has 184 valence electrons. The number of methoxy groups -OCH3 is 2. The third-order valence-electron chi connectivity index (χ3n) is 6.27. The number of benzene rings is 2. The summed E-state index contributed by atoms with van der Waals surface area (Å²) in [6.07, 6.45) is 2.65. The molecule has 1 atom stereocenters. The van der Waals surface area contributed by atoms with E-state index in [1.165, 1.54) is 19.2 Å². The lowest BCUT2D eigenvalue weighted by Gasteiger charge is -2.38. The zero-order valence-electron chi connectivity index (χ0n) is 20.2. The minimum Gasteiger partial charge on any atom is -0.497 e. The van der Waals surface area contributed by atoms with Gasteiger partial charge in [-0.2, -0.15) is 0 Å². The van der Waals surface area contributed by atoms with Crippen molar-refractivity contribution >= 4 is 11.8 Å². The molecule has 3 aromatic rings. The van der Waals surface area contributed by atoms with Gasteiger partial charge in [0.2, 0.25) is 5.91 Å². The monoisotopic (exact) mass is 479 g/mol. The van der Waals surface area contributed by atoms with Crippen molar-refractivity contribution in [1.82, 2.24) is 14.4 Å².